The molecule has 0 aliphatic rings. The average molecular weight is 320 g/mol. The van der Waals surface area contributed by atoms with Gasteiger partial charge in [-0.2, -0.15) is 10.2 Å². The molecule has 1 aromatic heterocycles. The Bertz CT molecular complexity index is 820. The number of hydrogen-bond donors (Lipinski definition) is 1. The van der Waals surface area contributed by atoms with Crippen LogP contribution in [0.1, 0.15) is 12.5 Å². The van der Waals surface area contributed by atoms with Crippen LogP contribution in [0.3, 0.4) is 0 Å². The molecule has 0 spiro atoms. The summed E-state index contributed by atoms with van der Waals surface area (Å²) in [6, 6.07) is 7.71. The van der Waals surface area contributed by atoms with Gasteiger partial charge in [0.2, 0.25) is 0 Å². The lowest BCUT2D eigenvalue weighted by atomic mass is 10.2. The molecule has 6 nitrogen and oxygen atoms in total. The molecule has 2 aromatic rings. The first-order valence-corrected chi connectivity index (χ1v) is 7.88. The molecule has 0 saturated heterocycles. The number of aryl methyl sites for hydroxylation is 1. The van der Waals surface area contributed by atoms with E-state index in [0.29, 0.717) is 15.6 Å². The summed E-state index contributed by atoms with van der Waals surface area (Å²) < 4.78 is 1.37. The minimum absolute atomic E-state index is 0.328. The van der Waals surface area contributed by atoms with Gasteiger partial charge in [-0.1, -0.05) is 13.0 Å². The monoisotopic (exact) mass is 320 g/mol. The third kappa shape index (κ3) is 3.37. The van der Waals surface area contributed by atoms with Crippen LogP contribution in [-0.4, -0.2) is 20.5 Å². The van der Waals surface area contributed by atoms with Crippen molar-refractivity contribution in [1.29, 1.82) is 5.26 Å². The van der Waals surface area contributed by atoms with Crippen molar-refractivity contribution >= 4 is 23.5 Å². The van der Waals surface area contributed by atoms with Gasteiger partial charge in [0.05, 0.1) is 5.56 Å². The molecule has 108 valence electrons. The summed E-state index contributed by atoms with van der Waals surface area (Å²) in [5.74, 6) is 0.859. The largest absolute Gasteiger partial charge is 0.339 e. The molecule has 0 radical (unpaired) electrons. The van der Waals surface area contributed by atoms with Crippen molar-refractivity contribution in [2.75, 3.05) is 5.75 Å². The summed E-state index contributed by atoms with van der Waals surface area (Å²) in [6.45, 7) is 2.01. The lowest BCUT2D eigenvalue weighted by Crippen LogP contribution is -2.33. The number of nitriles is 1. The van der Waals surface area contributed by atoms with Crippen LogP contribution in [0.4, 0.5) is 0 Å². The van der Waals surface area contributed by atoms with E-state index in [1.807, 2.05) is 19.1 Å². The maximum absolute atomic E-state index is 11.4. The maximum atomic E-state index is 11.4. The summed E-state index contributed by atoms with van der Waals surface area (Å²) in [5.41, 5.74) is -1.05. The van der Waals surface area contributed by atoms with Crippen molar-refractivity contribution in [3.05, 3.63) is 44.5 Å². The Morgan fingerprint density at radius 1 is 1.38 bits per heavy atom. The van der Waals surface area contributed by atoms with E-state index in [1.165, 1.54) is 16.4 Å². The third-order valence-electron chi connectivity index (χ3n) is 2.55. The fraction of sp³-hybridized carbons (Fsp3) is 0.231. The minimum Gasteiger partial charge on any atom is -0.265 e. The van der Waals surface area contributed by atoms with E-state index in [4.69, 9.17) is 0 Å². The fourth-order valence-corrected chi connectivity index (χ4v) is 3.39. The zero-order valence-electron chi connectivity index (χ0n) is 11.4. The highest BCUT2D eigenvalue weighted by Gasteiger charge is 2.12. The van der Waals surface area contributed by atoms with Gasteiger partial charge in [0.15, 0.2) is 5.16 Å². The number of nitrogens with one attached hydrogen (secondary N) is 1. The Balaban J connectivity index is 2.48. The molecule has 0 saturated carbocycles. The topological polar surface area (TPSA) is 91.5 Å². The minimum atomic E-state index is -0.840. The van der Waals surface area contributed by atoms with Gasteiger partial charge in [0.1, 0.15) is 6.07 Å². The first kappa shape index (κ1) is 15.4. The van der Waals surface area contributed by atoms with Gasteiger partial charge in [0.25, 0.3) is 0 Å². The molecule has 1 N–H and O–H groups in total. The van der Waals surface area contributed by atoms with Gasteiger partial charge in [-0.05, 0) is 29.6 Å². The van der Waals surface area contributed by atoms with Crippen LogP contribution in [0.15, 0.2) is 42.7 Å². The van der Waals surface area contributed by atoms with Crippen molar-refractivity contribution in [2.24, 2.45) is 7.05 Å². The van der Waals surface area contributed by atoms with Crippen molar-refractivity contribution in [3.8, 4) is 6.07 Å². The number of aromatic amines is 1. The highest BCUT2D eigenvalue weighted by Crippen LogP contribution is 2.33. The zero-order valence-corrected chi connectivity index (χ0v) is 13.0. The molecular formula is C13H12N4O2S2. The SMILES string of the molecule is CCSc1cccc(Sc2nc(=O)c(=O)[nH]n2C)c1C#N. The molecule has 0 aliphatic carbocycles. The van der Waals surface area contributed by atoms with Crippen molar-refractivity contribution in [1.82, 2.24) is 14.8 Å². The van der Waals surface area contributed by atoms with E-state index in [2.05, 4.69) is 16.2 Å². The lowest BCUT2D eigenvalue weighted by Gasteiger charge is -2.09. The van der Waals surface area contributed by atoms with Crippen LogP contribution >= 0.6 is 23.5 Å². The zero-order chi connectivity index (χ0) is 15.4. The highest BCUT2D eigenvalue weighted by atomic mass is 32.2. The molecule has 2 rings (SSSR count). The Morgan fingerprint density at radius 3 is 2.76 bits per heavy atom. The summed E-state index contributed by atoms with van der Waals surface area (Å²) in [6.07, 6.45) is 0. The van der Waals surface area contributed by atoms with E-state index in [-0.39, 0.29) is 0 Å². The molecule has 1 heterocycles. The van der Waals surface area contributed by atoms with Gasteiger partial charge in [-0.25, -0.2) is 0 Å². The highest BCUT2D eigenvalue weighted by molar-refractivity contribution is 8.00. The molecule has 0 atom stereocenters. The molecule has 21 heavy (non-hydrogen) atoms. The third-order valence-corrected chi connectivity index (χ3v) is 4.60. The van der Waals surface area contributed by atoms with Crippen LogP contribution in [0.2, 0.25) is 0 Å². The Hall–Kier alpha value is -1.98. The Labute approximate surface area is 129 Å². The molecule has 0 bridgehead atoms. The van der Waals surface area contributed by atoms with Gasteiger partial charge in [-0.15, -0.1) is 11.8 Å². The lowest BCUT2D eigenvalue weighted by molar-refractivity contribution is 0.596. The fourth-order valence-electron chi connectivity index (χ4n) is 1.63. The molecule has 0 unspecified atom stereocenters. The number of benzene rings is 1. The van der Waals surface area contributed by atoms with Crippen LogP contribution in [0.25, 0.3) is 0 Å². The van der Waals surface area contributed by atoms with E-state index in [0.717, 1.165) is 10.6 Å². The Morgan fingerprint density at radius 2 is 2.10 bits per heavy atom. The predicted molar refractivity (Wildman–Crippen MR) is 81.8 cm³/mol. The first-order valence-electron chi connectivity index (χ1n) is 6.08. The smallest absolute Gasteiger partial charge is 0.265 e. The number of rotatable bonds is 4. The maximum Gasteiger partial charge on any atom is 0.339 e. The quantitative estimate of drug-likeness (QED) is 0.679. The number of H-pyrrole nitrogens is 1. The van der Waals surface area contributed by atoms with E-state index in [9.17, 15) is 14.9 Å². The van der Waals surface area contributed by atoms with Crippen molar-refractivity contribution < 1.29 is 0 Å². The Kier molecular flexibility index (Phi) is 4.88. The standard InChI is InChI=1S/C13H12N4O2S2/c1-3-20-9-5-4-6-10(8(9)7-14)21-13-15-11(18)12(19)16-17(13)2/h4-6H,3H2,1-2H3,(H,16,19). The van der Waals surface area contributed by atoms with Gasteiger partial charge in [0, 0.05) is 16.8 Å². The van der Waals surface area contributed by atoms with Crippen LogP contribution in [0, 0.1) is 11.3 Å². The molecule has 8 heteroatoms. The van der Waals surface area contributed by atoms with Crippen LogP contribution < -0.4 is 11.1 Å². The van der Waals surface area contributed by atoms with E-state index < -0.39 is 11.1 Å². The number of aromatic nitrogens is 3. The van der Waals surface area contributed by atoms with Gasteiger partial charge >= 0.3 is 11.1 Å². The van der Waals surface area contributed by atoms with Crippen molar-refractivity contribution in [3.63, 3.8) is 0 Å². The van der Waals surface area contributed by atoms with Crippen LogP contribution in [-0.2, 0) is 7.05 Å². The molecular weight excluding hydrogens is 308 g/mol. The number of hydrogen-bond acceptors (Lipinski definition) is 6. The van der Waals surface area contributed by atoms with Gasteiger partial charge < -0.3 is 0 Å². The molecule has 0 aliphatic heterocycles. The predicted octanol–water partition coefficient (Wildman–Crippen LogP) is 1.60. The summed E-state index contributed by atoms with van der Waals surface area (Å²) >= 11 is 2.75. The summed E-state index contributed by atoms with van der Waals surface area (Å²) in [5, 5.41) is 12.1. The van der Waals surface area contributed by atoms with E-state index >= 15 is 0 Å². The second kappa shape index (κ2) is 6.65. The number of nitrogens with zero attached hydrogens (tertiary/aromatic N) is 3. The summed E-state index contributed by atoms with van der Waals surface area (Å²) in [7, 11) is 1.59. The van der Waals surface area contributed by atoms with E-state index in [1.54, 1.807) is 24.9 Å². The van der Waals surface area contributed by atoms with Crippen molar-refractivity contribution in [2.45, 2.75) is 21.9 Å². The normalized spacial score (nSPS) is 10.3. The molecule has 0 fully saturated rings. The second-order valence-electron chi connectivity index (χ2n) is 3.98. The summed E-state index contributed by atoms with van der Waals surface area (Å²) in [4.78, 5) is 27.9. The van der Waals surface area contributed by atoms with Crippen LogP contribution in [0.5, 0.6) is 0 Å². The average Bonchev–Trinajstić information content (AvgIpc) is 2.45. The first-order chi connectivity index (χ1) is 10.1. The molecule has 1 aromatic carbocycles. The van der Waals surface area contributed by atoms with Gasteiger partial charge in [-0.3, -0.25) is 19.4 Å². The molecule has 0 amide bonds. The number of thioether (sulfide) groups is 1. The second-order valence-corrected chi connectivity index (χ2v) is 6.29.